The van der Waals surface area contributed by atoms with Crippen LogP contribution >= 0.6 is 7.60 Å². The van der Waals surface area contributed by atoms with Crippen molar-refractivity contribution in [3.8, 4) is 0 Å². The largest absolute Gasteiger partial charge is 0.350 e. The molecule has 0 bridgehead atoms. The summed E-state index contributed by atoms with van der Waals surface area (Å²) in [6.45, 7) is 6.59. The molecule has 112 valence electrons. The average Bonchev–Trinajstić information content (AvgIpc) is 3.21. The monoisotopic (exact) mass is 297 g/mol. The third-order valence-electron chi connectivity index (χ3n) is 3.63. The second-order valence-corrected chi connectivity index (χ2v) is 7.51. The Morgan fingerprint density at radius 3 is 2.20 bits per heavy atom. The minimum absolute atomic E-state index is 0.118. The molecule has 0 heterocycles. The van der Waals surface area contributed by atoms with Crippen molar-refractivity contribution in [2.75, 3.05) is 13.2 Å². The Morgan fingerprint density at radius 1 is 1.20 bits per heavy atom. The van der Waals surface area contributed by atoms with Gasteiger partial charge in [0, 0.05) is 6.04 Å². The first-order valence-corrected chi connectivity index (χ1v) is 8.83. The van der Waals surface area contributed by atoms with Gasteiger partial charge in [0.15, 0.2) is 0 Å². The molecular formula is C15H24NO3P. The van der Waals surface area contributed by atoms with Gasteiger partial charge in [0.25, 0.3) is 0 Å². The van der Waals surface area contributed by atoms with E-state index in [1.165, 1.54) is 5.56 Å². The third-order valence-corrected chi connectivity index (χ3v) is 6.45. The van der Waals surface area contributed by atoms with Gasteiger partial charge in [-0.15, -0.1) is 0 Å². The minimum atomic E-state index is -3.10. The first-order chi connectivity index (χ1) is 9.57. The van der Waals surface area contributed by atoms with Gasteiger partial charge in [-0.05, 0) is 39.2 Å². The van der Waals surface area contributed by atoms with Crippen LogP contribution in [0, 0.1) is 0 Å². The number of hydrogen-bond donors (Lipinski definition) is 1. The lowest BCUT2D eigenvalue weighted by molar-refractivity contribution is 0.202. The molecule has 1 N–H and O–H groups in total. The third kappa shape index (κ3) is 3.15. The molecule has 1 aliphatic carbocycles. The van der Waals surface area contributed by atoms with Gasteiger partial charge in [0.1, 0.15) is 5.28 Å². The molecule has 1 aliphatic rings. The predicted octanol–water partition coefficient (Wildman–Crippen LogP) is 4.09. The van der Waals surface area contributed by atoms with Crippen LogP contribution in [0.25, 0.3) is 0 Å². The van der Waals surface area contributed by atoms with Crippen LogP contribution in [-0.4, -0.2) is 18.5 Å². The van der Waals surface area contributed by atoms with E-state index in [2.05, 4.69) is 24.4 Å². The molecule has 1 fully saturated rings. The van der Waals surface area contributed by atoms with Crippen LogP contribution in [0.1, 0.15) is 45.2 Å². The molecule has 1 atom stereocenters. The van der Waals surface area contributed by atoms with Crippen molar-refractivity contribution in [1.29, 1.82) is 0 Å². The van der Waals surface area contributed by atoms with Gasteiger partial charge in [-0.1, -0.05) is 30.3 Å². The van der Waals surface area contributed by atoms with Crippen molar-refractivity contribution < 1.29 is 13.6 Å². The molecule has 4 nitrogen and oxygen atoms in total. The zero-order valence-electron chi connectivity index (χ0n) is 12.5. The summed E-state index contributed by atoms with van der Waals surface area (Å²) < 4.78 is 24.0. The predicted molar refractivity (Wildman–Crippen MR) is 80.8 cm³/mol. The summed E-state index contributed by atoms with van der Waals surface area (Å²) in [5.74, 6) is 0. The van der Waals surface area contributed by atoms with Crippen LogP contribution in [0.15, 0.2) is 30.3 Å². The fourth-order valence-corrected chi connectivity index (χ4v) is 4.73. The zero-order chi connectivity index (χ0) is 14.6. The number of hydrogen-bond acceptors (Lipinski definition) is 4. The Labute approximate surface area is 121 Å². The molecular weight excluding hydrogens is 273 g/mol. The SMILES string of the molecule is CCOP(=O)(OCC)C1(N[C@H](C)c2ccccc2)CC1. The van der Waals surface area contributed by atoms with Gasteiger partial charge >= 0.3 is 7.60 Å². The highest BCUT2D eigenvalue weighted by atomic mass is 31.2. The summed E-state index contributed by atoms with van der Waals surface area (Å²) in [4.78, 5) is 0. The Morgan fingerprint density at radius 2 is 1.75 bits per heavy atom. The molecule has 1 saturated carbocycles. The first-order valence-electron chi connectivity index (χ1n) is 7.29. The first kappa shape index (κ1) is 15.7. The van der Waals surface area contributed by atoms with Gasteiger partial charge in [0.2, 0.25) is 0 Å². The smallest absolute Gasteiger partial charge is 0.308 e. The molecule has 2 rings (SSSR count). The lowest BCUT2D eigenvalue weighted by Gasteiger charge is -2.29. The molecule has 20 heavy (non-hydrogen) atoms. The minimum Gasteiger partial charge on any atom is -0.308 e. The second kappa shape index (κ2) is 6.40. The van der Waals surface area contributed by atoms with E-state index in [0.717, 1.165) is 12.8 Å². The van der Waals surface area contributed by atoms with E-state index in [1.807, 2.05) is 32.0 Å². The van der Waals surface area contributed by atoms with E-state index >= 15 is 0 Å². The highest BCUT2D eigenvalue weighted by Crippen LogP contribution is 2.70. The topological polar surface area (TPSA) is 47.6 Å². The average molecular weight is 297 g/mol. The van der Waals surface area contributed by atoms with Gasteiger partial charge < -0.3 is 9.05 Å². The lowest BCUT2D eigenvalue weighted by Crippen LogP contribution is -2.35. The van der Waals surface area contributed by atoms with Crippen molar-refractivity contribution in [1.82, 2.24) is 5.32 Å². The lowest BCUT2D eigenvalue weighted by atomic mass is 10.1. The van der Waals surface area contributed by atoms with E-state index in [4.69, 9.17) is 9.05 Å². The molecule has 1 aromatic carbocycles. The molecule has 0 saturated heterocycles. The van der Waals surface area contributed by atoms with Gasteiger partial charge in [-0.25, -0.2) is 0 Å². The molecule has 0 spiro atoms. The summed E-state index contributed by atoms with van der Waals surface area (Å²) >= 11 is 0. The fraction of sp³-hybridized carbons (Fsp3) is 0.600. The second-order valence-electron chi connectivity index (χ2n) is 5.14. The fourth-order valence-electron chi connectivity index (χ4n) is 2.47. The van der Waals surface area contributed by atoms with Crippen molar-refractivity contribution in [2.45, 2.75) is 44.9 Å². The summed E-state index contributed by atoms with van der Waals surface area (Å²) in [5.41, 5.74) is 1.18. The molecule has 0 amide bonds. The molecule has 0 unspecified atom stereocenters. The van der Waals surface area contributed by atoms with Crippen LogP contribution in [0.3, 0.4) is 0 Å². The highest BCUT2D eigenvalue weighted by Gasteiger charge is 2.60. The van der Waals surface area contributed by atoms with Crippen molar-refractivity contribution >= 4 is 7.60 Å². The van der Waals surface area contributed by atoms with Crippen LogP contribution in [0.2, 0.25) is 0 Å². The van der Waals surface area contributed by atoms with Gasteiger partial charge in [-0.2, -0.15) is 0 Å². The Balaban J connectivity index is 2.12. The Kier molecular flexibility index (Phi) is 5.03. The summed E-state index contributed by atoms with van der Waals surface area (Å²) in [5, 5.41) is 2.98. The summed E-state index contributed by atoms with van der Waals surface area (Å²) in [7, 11) is -3.10. The van der Waals surface area contributed by atoms with Crippen molar-refractivity contribution in [2.24, 2.45) is 0 Å². The summed E-state index contributed by atoms with van der Waals surface area (Å²) in [6, 6.07) is 10.3. The van der Waals surface area contributed by atoms with E-state index in [9.17, 15) is 4.57 Å². The quantitative estimate of drug-likeness (QED) is 0.734. The van der Waals surface area contributed by atoms with Crippen LogP contribution < -0.4 is 5.32 Å². The number of rotatable bonds is 8. The summed E-state index contributed by atoms with van der Waals surface area (Å²) in [6.07, 6.45) is 1.67. The molecule has 5 heteroatoms. The standard InChI is InChI=1S/C15H24NO3P/c1-4-18-20(17,19-5-2)15(11-12-15)16-13(3)14-9-7-6-8-10-14/h6-10,13,16H,4-5,11-12H2,1-3H3/t13-/m1/s1. The maximum Gasteiger partial charge on any atom is 0.350 e. The van der Waals surface area contributed by atoms with Crippen LogP contribution in [0.5, 0.6) is 0 Å². The van der Waals surface area contributed by atoms with E-state index in [1.54, 1.807) is 0 Å². The zero-order valence-corrected chi connectivity index (χ0v) is 13.4. The van der Waals surface area contributed by atoms with Crippen molar-refractivity contribution in [3.05, 3.63) is 35.9 Å². The normalized spacial score (nSPS) is 18.8. The molecule has 1 aromatic rings. The molecule has 0 aromatic heterocycles. The van der Waals surface area contributed by atoms with Crippen molar-refractivity contribution in [3.63, 3.8) is 0 Å². The molecule has 0 aliphatic heterocycles. The van der Waals surface area contributed by atoms with E-state index in [0.29, 0.717) is 13.2 Å². The van der Waals surface area contributed by atoms with E-state index < -0.39 is 12.9 Å². The van der Waals surface area contributed by atoms with Crippen LogP contribution in [-0.2, 0) is 13.6 Å². The number of nitrogens with one attached hydrogen (secondary N) is 1. The molecule has 0 radical (unpaired) electrons. The Hall–Kier alpha value is -0.670. The maximum absolute atomic E-state index is 13.0. The maximum atomic E-state index is 13.0. The number of benzene rings is 1. The Bertz CT molecular complexity index is 463. The van der Waals surface area contributed by atoms with E-state index in [-0.39, 0.29) is 6.04 Å². The van der Waals surface area contributed by atoms with Gasteiger partial charge in [0.05, 0.1) is 13.2 Å². The highest BCUT2D eigenvalue weighted by molar-refractivity contribution is 7.56. The van der Waals surface area contributed by atoms with Gasteiger partial charge in [-0.3, -0.25) is 9.88 Å². The van der Waals surface area contributed by atoms with Crippen LogP contribution in [0.4, 0.5) is 0 Å².